The normalized spacial score (nSPS) is 14.6. The van der Waals surface area contributed by atoms with Crippen molar-refractivity contribution in [2.24, 2.45) is 0 Å². The van der Waals surface area contributed by atoms with E-state index in [4.69, 9.17) is 0 Å². The Hall–Kier alpha value is -1.35. The van der Waals surface area contributed by atoms with E-state index in [-0.39, 0.29) is 5.91 Å². The molecule has 92 valence electrons. The summed E-state index contributed by atoms with van der Waals surface area (Å²) in [5, 5.41) is 5.88. The molecular formula is C14H20N2O. The lowest BCUT2D eigenvalue weighted by molar-refractivity contribution is -0.120. The summed E-state index contributed by atoms with van der Waals surface area (Å²) in [6.07, 6.45) is 3.24. The van der Waals surface area contributed by atoms with Crippen LogP contribution in [0.2, 0.25) is 0 Å². The number of amides is 1. The lowest BCUT2D eigenvalue weighted by Gasteiger charge is -2.05. The number of nitrogens with one attached hydrogen (secondary N) is 2. The van der Waals surface area contributed by atoms with E-state index in [1.54, 1.807) is 7.05 Å². The lowest BCUT2D eigenvalue weighted by atomic mass is 10.1. The van der Waals surface area contributed by atoms with E-state index < -0.39 is 0 Å². The van der Waals surface area contributed by atoms with E-state index in [1.807, 2.05) is 0 Å². The van der Waals surface area contributed by atoms with Crippen LogP contribution in [0.15, 0.2) is 24.3 Å². The maximum atomic E-state index is 11.0. The predicted molar refractivity (Wildman–Crippen MR) is 68.8 cm³/mol. The molecule has 0 atom stereocenters. The molecule has 1 aliphatic rings. The summed E-state index contributed by atoms with van der Waals surface area (Å²) < 4.78 is 0. The van der Waals surface area contributed by atoms with Gasteiger partial charge in [0, 0.05) is 26.6 Å². The van der Waals surface area contributed by atoms with Gasteiger partial charge in [0.2, 0.25) is 5.91 Å². The van der Waals surface area contributed by atoms with Crippen LogP contribution in [0, 0.1) is 0 Å². The fraction of sp³-hybridized carbons (Fsp3) is 0.500. The lowest BCUT2D eigenvalue weighted by Crippen LogP contribution is -2.24. The number of benzene rings is 1. The summed E-state index contributed by atoms with van der Waals surface area (Å²) >= 11 is 0. The smallest absolute Gasteiger partial charge is 0.221 e. The fourth-order valence-electron chi connectivity index (χ4n) is 1.88. The summed E-state index contributed by atoms with van der Waals surface area (Å²) in [5.74, 6) is 0.909. The Morgan fingerprint density at radius 2 is 2.00 bits per heavy atom. The summed E-state index contributed by atoms with van der Waals surface area (Å²) in [5.41, 5.74) is 2.76. The summed E-state index contributed by atoms with van der Waals surface area (Å²) in [6, 6.07) is 8.82. The first-order valence-electron chi connectivity index (χ1n) is 6.29. The Labute approximate surface area is 103 Å². The molecule has 3 heteroatoms. The molecule has 0 aliphatic heterocycles. The zero-order valence-electron chi connectivity index (χ0n) is 10.3. The number of hydrogen-bond donors (Lipinski definition) is 2. The highest BCUT2D eigenvalue weighted by Crippen LogP contribution is 2.39. The number of carbonyl (C=O) groups excluding carboxylic acids is 1. The van der Waals surface area contributed by atoms with Crippen LogP contribution < -0.4 is 10.6 Å². The zero-order chi connectivity index (χ0) is 12.1. The molecule has 1 aliphatic carbocycles. The Morgan fingerprint density at radius 3 is 2.59 bits per heavy atom. The number of carbonyl (C=O) groups is 1. The highest BCUT2D eigenvalue weighted by atomic mass is 16.1. The molecule has 1 aromatic carbocycles. The highest BCUT2D eigenvalue weighted by Gasteiger charge is 2.22. The molecule has 0 unspecified atom stereocenters. The second kappa shape index (κ2) is 5.82. The minimum absolute atomic E-state index is 0.0848. The van der Waals surface area contributed by atoms with E-state index in [1.165, 1.54) is 24.0 Å². The van der Waals surface area contributed by atoms with Crippen molar-refractivity contribution in [3.63, 3.8) is 0 Å². The van der Waals surface area contributed by atoms with Crippen LogP contribution in [-0.4, -0.2) is 19.5 Å². The summed E-state index contributed by atoms with van der Waals surface area (Å²) in [4.78, 5) is 11.0. The van der Waals surface area contributed by atoms with Gasteiger partial charge in [0.25, 0.3) is 0 Å². The van der Waals surface area contributed by atoms with Gasteiger partial charge in [-0.25, -0.2) is 0 Å². The van der Waals surface area contributed by atoms with Gasteiger partial charge in [-0.2, -0.15) is 0 Å². The van der Waals surface area contributed by atoms with Crippen LogP contribution >= 0.6 is 0 Å². The van der Waals surface area contributed by atoms with Gasteiger partial charge in [-0.3, -0.25) is 4.79 Å². The minimum Gasteiger partial charge on any atom is -0.359 e. The molecule has 1 aromatic rings. The van der Waals surface area contributed by atoms with Crippen molar-refractivity contribution in [1.29, 1.82) is 0 Å². The molecule has 0 spiro atoms. The largest absolute Gasteiger partial charge is 0.359 e. The third-order valence-corrected chi connectivity index (χ3v) is 3.17. The van der Waals surface area contributed by atoms with Crippen LogP contribution in [-0.2, 0) is 11.3 Å². The third-order valence-electron chi connectivity index (χ3n) is 3.17. The minimum atomic E-state index is 0.0848. The molecule has 0 saturated heterocycles. The van der Waals surface area contributed by atoms with Gasteiger partial charge in [-0.15, -0.1) is 0 Å². The van der Waals surface area contributed by atoms with Crippen molar-refractivity contribution in [3.05, 3.63) is 35.4 Å². The van der Waals surface area contributed by atoms with E-state index >= 15 is 0 Å². The third kappa shape index (κ3) is 3.86. The topological polar surface area (TPSA) is 41.1 Å². The van der Waals surface area contributed by atoms with Crippen molar-refractivity contribution in [2.75, 3.05) is 13.6 Å². The molecule has 3 nitrogen and oxygen atoms in total. The molecule has 1 amide bonds. The Bertz CT molecular complexity index is 368. The molecule has 0 radical (unpaired) electrons. The summed E-state index contributed by atoms with van der Waals surface area (Å²) in [7, 11) is 1.67. The summed E-state index contributed by atoms with van der Waals surface area (Å²) in [6.45, 7) is 1.56. The van der Waals surface area contributed by atoms with Gasteiger partial charge >= 0.3 is 0 Å². The van der Waals surface area contributed by atoms with Crippen LogP contribution in [0.1, 0.15) is 36.3 Å². The second-order valence-electron chi connectivity index (χ2n) is 4.62. The van der Waals surface area contributed by atoms with Crippen LogP contribution in [0.5, 0.6) is 0 Å². The molecule has 2 rings (SSSR count). The van der Waals surface area contributed by atoms with E-state index in [2.05, 4.69) is 34.9 Å². The first kappa shape index (κ1) is 12.1. The van der Waals surface area contributed by atoms with Crippen molar-refractivity contribution < 1.29 is 4.79 Å². The monoisotopic (exact) mass is 232 g/mol. The molecule has 17 heavy (non-hydrogen) atoms. The maximum Gasteiger partial charge on any atom is 0.221 e. The number of hydrogen-bond acceptors (Lipinski definition) is 2. The SMILES string of the molecule is CNC(=O)CCNCc1ccc(C2CC2)cc1. The van der Waals surface area contributed by atoms with Crippen LogP contribution in [0.3, 0.4) is 0 Å². The fourth-order valence-corrected chi connectivity index (χ4v) is 1.88. The van der Waals surface area contributed by atoms with Crippen molar-refractivity contribution >= 4 is 5.91 Å². The van der Waals surface area contributed by atoms with E-state index in [9.17, 15) is 4.79 Å². The van der Waals surface area contributed by atoms with Crippen molar-refractivity contribution in [1.82, 2.24) is 10.6 Å². The first-order chi connectivity index (χ1) is 8.29. The van der Waals surface area contributed by atoms with Gasteiger partial charge in [0.05, 0.1) is 0 Å². The average molecular weight is 232 g/mol. The van der Waals surface area contributed by atoms with Gasteiger partial charge in [0.15, 0.2) is 0 Å². The Morgan fingerprint density at radius 1 is 1.29 bits per heavy atom. The maximum absolute atomic E-state index is 11.0. The van der Waals surface area contributed by atoms with Gasteiger partial charge < -0.3 is 10.6 Å². The van der Waals surface area contributed by atoms with Gasteiger partial charge in [0.1, 0.15) is 0 Å². The molecule has 1 fully saturated rings. The molecule has 0 heterocycles. The molecule has 0 bridgehead atoms. The van der Waals surface area contributed by atoms with E-state index in [0.717, 1.165) is 19.0 Å². The number of rotatable bonds is 6. The van der Waals surface area contributed by atoms with Crippen LogP contribution in [0.4, 0.5) is 0 Å². The predicted octanol–water partition coefficient (Wildman–Crippen LogP) is 1.79. The van der Waals surface area contributed by atoms with Gasteiger partial charge in [-0.1, -0.05) is 24.3 Å². The molecule has 2 N–H and O–H groups in total. The second-order valence-corrected chi connectivity index (χ2v) is 4.62. The van der Waals surface area contributed by atoms with E-state index in [0.29, 0.717) is 6.42 Å². The Kier molecular flexibility index (Phi) is 4.15. The molecule has 0 aromatic heterocycles. The average Bonchev–Trinajstić information content (AvgIpc) is 3.19. The van der Waals surface area contributed by atoms with Crippen molar-refractivity contribution in [3.8, 4) is 0 Å². The first-order valence-corrected chi connectivity index (χ1v) is 6.29. The van der Waals surface area contributed by atoms with Crippen LogP contribution in [0.25, 0.3) is 0 Å². The zero-order valence-corrected chi connectivity index (χ0v) is 10.3. The highest BCUT2D eigenvalue weighted by molar-refractivity contribution is 5.75. The Balaban J connectivity index is 1.69. The standard InChI is InChI=1S/C14H20N2O/c1-15-14(17)8-9-16-10-11-2-4-12(5-3-11)13-6-7-13/h2-5,13,16H,6-10H2,1H3,(H,15,17). The van der Waals surface area contributed by atoms with Crippen molar-refractivity contribution in [2.45, 2.75) is 31.7 Å². The van der Waals surface area contributed by atoms with Gasteiger partial charge in [-0.05, 0) is 29.9 Å². The molecular weight excluding hydrogens is 212 g/mol. The molecule has 1 saturated carbocycles. The quantitative estimate of drug-likeness (QED) is 0.734.